The average Bonchev–Trinajstić information content (AvgIpc) is 2.44. The van der Waals surface area contributed by atoms with Gasteiger partial charge in [0.05, 0.1) is 16.8 Å². The molecule has 108 valence electrons. The van der Waals surface area contributed by atoms with Gasteiger partial charge in [0, 0.05) is 6.54 Å². The minimum Gasteiger partial charge on any atom is -0.380 e. The highest BCUT2D eigenvalue weighted by Gasteiger charge is 2.31. The maximum atomic E-state index is 12.6. The highest BCUT2D eigenvalue weighted by molar-refractivity contribution is 5.59. The Bertz CT molecular complexity index is 685. The molecular weight excluding hydrogens is 277 g/mol. The molecule has 1 N–H and O–H groups in total. The molecule has 0 unspecified atom stereocenters. The van der Waals surface area contributed by atoms with Crippen molar-refractivity contribution in [2.75, 3.05) is 5.32 Å². The third kappa shape index (κ3) is 3.76. The third-order valence-electron chi connectivity index (χ3n) is 3.03. The molecule has 2 rings (SSSR count). The van der Waals surface area contributed by atoms with Crippen LogP contribution in [0.5, 0.6) is 0 Å². The number of nitrogens with one attached hydrogen (secondary N) is 1. The largest absolute Gasteiger partial charge is 0.416 e. The van der Waals surface area contributed by atoms with Crippen molar-refractivity contribution in [1.82, 2.24) is 0 Å². The summed E-state index contributed by atoms with van der Waals surface area (Å²) in [6, 6.07) is 12.7. The molecule has 0 aliphatic heterocycles. The molecule has 0 fully saturated rings. The summed E-state index contributed by atoms with van der Waals surface area (Å²) in [4.78, 5) is 0. The Labute approximate surface area is 120 Å². The zero-order valence-electron chi connectivity index (χ0n) is 11.3. The van der Waals surface area contributed by atoms with Crippen LogP contribution in [-0.4, -0.2) is 0 Å². The van der Waals surface area contributed by atoms with Crippen molar-refractivity contribution >= 4 is 5.69 Å². The van der Waals surface area contributed by atoms with Gasteiger partial charge in [-0.15, -0.1) is 0 Å². The van der Waals surface area contributed by atoms with Crippen LogP contribution >= 0.6 is 0 Å². The summed E-state index contributed by atoms with van der Waals surface area (Å²) in [5.41, 5.74) is 1.66. The SMILES string of the molecule is Cc1cccc(CNc2ccc(C(F)(F)F)cc2C#N)c1. The Kier molecular flexibility index (Phi) is 4.18. The van der Waals surface area contributed by atoms with E-state index in [0.29, 0.717) is 12.2 Å². The number of nitriles is 1. The second kappa shape index (κ2) is 5.88. The van der Waals surface area contributed by atoms with E-state index in [2.05, 4.69) is 5.32 Å². The second-order valence-corrected chi connectivity index (χ2v) is 4.71. The van der Waals surface area contributed by atoms with Crippen molar-refractivity contribution < 1.29 is 13.2 Å². The molecule has 2 aromatic rings. The minimum absolute atomic E-state index is 0.0162. The standard InChI is InChI=1S/C16H13F3N2/c1-11-3-2-4-12(7-11)10-21-15-6-5-14(16(17,18)19)8-13(15)9-20/h2-8,21H,10H2,1H3. The quantitative estimate of drug-likeness (QED) is 0.903. The fourth-order valence-corrected chi connectivity index (χ4v) is 1.99. The Balaban J connectivity index is 2.19. The van der Waals surface area contributed by atoms with E-state index in [9.17, 15) is 13.2 Å². The molecule has 0 radical (unpaired) electrons. The van der Waals surface area contributed by atoms with E-state index in [0.717, 1.165) is 23.3 Å². The highest BCUT2D eigenvalue weighted by Crippen LogP contribution is 2.31. The van der Waals surface area contributed by atoms with E-state index < -0.39 is 11.7 Å². The zero-order chi connectivity index (χ0) is 15.5. The predicted molar refractivity (Wildman–Crippen MR) is 74.7 cm³/mol. The van der Waals surface area contributed by atoms with Gasteiger partial charge in [0.25, 0.3) is 0 Å². The number of alkyl halides is 3. The first-order valence-electron chi connectivity index (χ1n) is 6.31. The number of nitrogens with zero attached hydrogens (tertiary/aromatic N) is 1. The lowest BCUT2D eigenvalue weighted by molar-refractivity contribution is -0.137. The van der Waals surface area contributed by atoms with Crippen molar-refractivity contribution in [3.63, 3.8) is 0 Å². The van der Waals surface area contributed by atoms with Crippen LogP contribution in [0.4, 0.5) is 18.9 Å². The first kappa shape index (κ1) is 14.9. The fourth-order valence-electron chi connectivity index (χ4n) is 1.99. The number of hydrogen-bond donors (Lipinski definition) is 1. The number of rotatable bonds is 3. The van der Waals surface area contributed by atoms with Crippen LogP contribution in [0.1, 0.15) is 22.3 Å². The van der Waals surface area contributed by atoms with E-state index in [1.807, 2.05) is 31.2 Å². The van der Waals surface area contributed by atoms with Crippen molar-refractivity contribution in [2.45, 2.75) is 19.6 Å². The molecular formula is C16H13F3N2. The maximum absolute atomic E-state index is 12.6. The van der Waals surface area contributed by atoms with E-state index in [4.69, 9.17) is 5.26 Å². The van der Waals surface area contributed by atoms with E-state index in [1.165, 1.54) is 6.07 Å². The molecule has 0 bridgehead atoms. The molecule has 5 heteroatoms. The lowest BCUT2D eigenvalue weighted by Gasteiger charge is -2.12. The minimum atomic E-state index is -4.44. The Hall–Kier alpha value is -2.48. The number of benzene rings is 2. The number of anilines is 1. The van der Waals surface area contributed by atoms with Gasteiger partial charge in [-0.2, -0.15) is 18.4 Å². The molecule has 0 saturated carbocycles. The highest BCUT2D eigenvalue weighted by atomic mass is 19.4. The molecule has 0 amide bonds. The maximum Gasteiger partial charge on any atom is 0.416 e. The number of hydrogen-bond acceptors (Lipinski definition) is 2. The van der Waals surface area contributed by atoms with Crippen molar-refractivity contribution in [3.05, 3.63) is 64.7 Å². The van der Waals surface area contributed by atoms with Crippen LogP contribution in [0.25, 0.3) is 0 Å². The van der Waals surface area contributed by atoms with E-state index >= 15 is 0 Å². The Morgan fingerprint density at radius 2 is 1.90 bits per heavy atom. The van der Waals surface area contributed by atoms with Gasteiger partial charge in [0.1, 0.15) is 6.07 Å². The van der Waals surface area contributed by atoms with Crippen molar-refractivity contribution in [3.8, 4) is 6.07 Å². The summed E-state index contributed by atoms with van der Waals surface area (Å²) >= 11 is 0. The lowest BCUT2D eigenvalue weighted by Crippen LogP contribution is -2.07. The van der Waals surface area contributed by atoms with Gasteiger partial charge in [0.15, 0.2) is 0 Å². The van der Waals surface area contributed by atoms with Crippen LogP contribution in [0.15, 0.2) is 42.5 Å². The van der Waals surface area contributed by atoms with Gasteiger partial charge in [0.2, 0.25) is 0 Å². The van der Waals surface area contributed by atoms with Crippen LogP contribution in [0, 0.1) is 18.3 Å². The van der Waals surface area contributed by atoms with Gasteiger partial charge in [-0.3, -0.25) is 0 Å². The van der Waals surface area contributed by atoms with E-state index in [-0.39, 0.29) is 5.56 Å². The van der Waals surface area contributed by atoms with Gasteiger partial charge < -0.3 is 5.32 Å². The number of aryl methyl sites for hydroxylation is 1. The van der Waals surface area contributed by atoms with Gasteiger partial charge >= 0.3 is 6.18 Å². The topological polar surface area (TPSA) is 35.8 Å². The molecule has 21 heavy (non-hydrogen) atoms. The molecule has 0 aliphatic rings. The fraction of sp³-hybridized carbons (Fsp3) is 0.188. The van der Waals surface area contributed by atoms with Gasteiger partial charge in [-0.1, -0.05) is 29.8 Å². The Morgan fingerprint density at radius 3 is 2.52 bits per heavy atom. The normalized spacial score (nSPS) is 11.0. The summed E-state index contributed by atoms with van der Waals surface area (Å²) in [6.07, 6.45) is -4.44. The van der Waals surface area contributed by atoms with E-state index in [1.54, 1.807) is 6.07 Å². The smallest absolute Gasteiger partial charge is 0.380 e. The van der Waals surface area contributed by atoms with Crippen molar-refractivity contribution in [1.29, 1.82) is 5.26 Å². The summed E-state index contributed by atoms with van der Waals surface area (Å²) in [6.45, 7) is 2.41. The van der Waals surface area contributed by atoms with Crippen molar-refractivity contribution in [2.24, 2.45) is 0 Å². The molecule has 2 aromatic carbocycles. The first-order chi connectivity index (χ1) is 9.90. The molecule has 0 aliphatic carbocycles. The monoisotopic (exact) mass is 290 g/mol. The van der Waals surface area contributed by atoms with Crippen LogP contribution < -0.4 is 5.32 Å². The molecule has 0 heterocycles. The average molecular weight is 290 g/mol. The third-order valence-corrected chi connectivity index (χ3v) is 3.03. The molecule has 2 nitrogen and oxygen atoms in total. The zero-order valence-corrected chi connectivity index (χ0v) is 11.3. The lowest BCUT2D eigenvalue weighted by atomic mass is 10.1. The summed E-state index contributed by atoms with van der Waals surface area (Å²) in [5, 5.41) is 12.0. The van der Waals surface area contributed by atoms with Gasteiger partial charge in [-0.05, 0) is 30.7 Å². The molecule has 0 aromatic heterocycles. The molecule has 0 saturated heterocycles. The second-order valence-electron chi connectivity index (χ2n) is 4.71. The van der Waals surface area contributed by atoms with Crippen LogP contribution in [0.2, 0.25) is 0 Å². The first-order valence-corrected chi connectivity index (χ1v) is 6.31. The predicted octanol–water partition coefficient (Wildman–Crippen LogP) is 4.50. The van der Waals surface area contributed by atoms with Crippen LogP contribution in [-0.2, 0) is 12.7 Å². The molecule has 0 spiro atoms. The summed E-state index contributed by atoms with van der Waals surface area (Å²) < 4.78 is 37.8. The Morgan fingerprint density at radius 1 is 1.14 bits per heavy atom. The molecule has 0 atom stereocenters. The van der Waals surface area contributed by atoms with Gasteiger partial charge in [-0.25, -0.2) is 0 Å². The summed E-state index contributed by atoms with van der Waals surface area (Å²) in [7, 11) is 0. The number of halogens is 3. The van der Waals surface area contributed by atoms with Crippen LogP contribution in [0.3, 0.4) is 0 Å². The summed E-state index contributed by atoms with van der Waals surface area (Å²) in [5.74, 6) is 0.